The second-order valence-corrected chi connectivity index (χ2v) is 15.3. The summed E-state index contributed by atoms with van der Waals surface area (Å²) in [6.45, 7) is 4.17. The molecule has 4 unspecified atom stereocenters. The molecule has 4 aromatic rings. The number of carbonyl (C=O) groups is 4. The van der Waals surface area contributed by atoms with E-state index in [1.807, 2.05) is 42.5 Å². The first kappa shape index (κ1) is 39.4. The van der Waals surface area contributed by atoms with Crippen LogP contribution in [0.2, 0.25) is 0 Å². The zero-order chi connectivity index (χ0) is 41.2. The number of amides is 4. The lowest BCUT2D eigenvalue weighted by molar-refractivity contribution is -0.763. The molecule has 0 bridgehead atoms. The Balaban J connectivity index is 0.837. The Bertz CT molecular complexity index is 2350. The van der Waals surface area contributed by atoms with E-state index < -0.39 is 41.9 Å². The number of nitrogens with zero attached hydrogens (tertiary/aromatic N) is 4. The minimum Gasteiger partial charge on any atom is -0.508 e. The molecule has 4 amide bonds. The number of imide groups is 2. The molecule has 302 valence electrons. The van der Waals surface area contributed by atoms with Gasteiger partial charge in [-0.05, 0) is 83.5 Å². The molecule has 3 saturated heterocycles. The fourth-order valence-corrected chi connectivity index (χ4v) is 8.48. The minimum absolute atomic E-state index is 0.00747. The molecule has 14 nitrogen and oxygen atoms in total. The lowest BCUT2D eigenvalue weighted by Crippen LogP contribution is -2.54. The number of hydrogen-bond donors (Lipinski definition) is 2. The van der Waals surface area contributed by atoms with E-state index in [9.17, 15) is 34.1 Å². The van der Waals surface area contributed by atoms with Gasteiger partial charge in [-0.15, -0.1) is 0 Å². The fourth-order valence-electron chi connectivity index (χ4n) is 8.48. The Morgan fingerprint density at radius 2 is 1.53 bits per heavy atom. The molecule has 0 spiro atoms. The average Bonchev–Trinajstić information content (AvgIpc) is 3.79. The summed E-state index contributed by atoms with van der Waals surface area (Å²) >= 11 is 0. The number of phenols is 1. The van der Waals surface area contributed by atoms with Crippen molar-refractivity contribution in [2.24, 2.45) is 0 Å². The SMILES string of the molecule is CC/C(=C(\c1ccc(O)cc1)c1ccc(OCCN2CCC(OC3C[N+](=O)C(c4ccc5c(c4)C(=O)N(C4CCC(=O)NC4=O)C5=O)C[N+]3=O)C2)cc1)c1ccccc1. The van der Waals surface area contributed by atoms with Gasteiger partial charge in [0.25, 0.3) is 30.9 Å². The Morgan fingerprint density at radius 3 is 2.24 bits per heavy atom. The van der Waals surface area contributed by atoms with Crippen molar-refractivity contribution in [1.29, 1.82) is 0 Å². The molecule has 8 rings (SSSR count). The van der Waals surface area contributed by atoms with Crippen LogP contribution in [0.4, 0.5) is 0 Å². The number of nitroso groups, excluding NO2 is 2. The van der Waals surface area contributed by atoms with Crippen molar-refractivity contribution in [2.75, 3.05) is 39.3 Å². The van der Waals surface area contributed by atoms with Crippen LogP contribution in [-0.4, -0.2) is 106 Å². The van der Waals surface area contributed by atoms with Crippen LogP contribution in [0.3, 0.4) is 0 Å². The van der Waals surface area contributed by atoms with E-state index in [4.69, 9.17) is 9.47 Å². The van der Waals surface area contributed by atoms with Gasteiger partial charge in [-0.2, -0.15) is 0 Å². The molecule has 0 radical (unpaired) electrons. The fraction of sp³-hybridized carbons (Fsp3) is 0.333. The standard InChI is InChI=1S/C45H43N5O9/c1-2-35(28-6-4-3-5-7-28)42(29-8-13-32(51)14-9-29)30-10-15-33(16-11-30)58-23-22-47-21-20-34(25-47)59-41-27-48(56)39(26-49(41)57)31-12-17-36-37(24-31)45(55)50(44(36)54)38-18-19-40(52)46-43(38)53/h3-17,24,34,38-39,41H,2,18-23,25-27H2,1H3/p+2/b42-35-. The van der Waals surface area contributed by atoms with E-state index in [1.54, 1.807) is 18.2 Å². The number of piperidine rings is 1. The first-order valence-electron chi connectivity index (χ1n) is 20.0. The predicted octanol–water partition coefficient (Wildman–Crippen LogP) is 5.27. The number of likely N-dealkylation sites (tertiary alicyclic amines) is 1. The van der Waals surface area contributed by atoms with Gasteiger partial charge in [0, 0.05) is 51.0 Å². The average molecular weight is 800 g/mol. The maximum absolute atomic E-state index is 13.3. The Morgan fingerprint density at radius 1 is 0.814 bits per heavy atom. The van der Waals surface area contributed by atoms with Crippen LogP contribution in [0.15, 0.2) is 97.1 Å². The summed E-state index contributed by atoms with van der Waals surface area (Å²) in [5, 5.41) is 12.1. The van der Waals surface area contributed by atoms with E-state index >= 15 is 0 Å². The van der Waals surface area contributed by atoms with Crippen molar-refractivity contribution < 1.29 is 43.3 Å². The molecule has 0 aromatic heterocycles. The van der Waals surface area contributed by atoms with E-state index in [1.165, 1.54) is 17.7 Å². The maximum Gasteiger partial charge on any atom is 0.368 e. The number of allylic oxidation sites excluding steroid dienone is 1. The van der Waals surface area contributed by atoms with Crippen LogP contribution in [0.5, 0.6) is 11.5 Å². The lowest BCUT2D eigenvalue weighted by Gasteiger charge is -2.27. The molecule has 4 aliphatic rings. The van der Waals surface area contributed by atoms with Crippen molar-refractivity contribution in [3.8, 4) is 11.5 Å². The van der Waals surface area contributed by atoms with Crippen LogP contribution in [0.25, 0.3) is 11.1 Å². The zero-order valence-corrected chi connectivity index (χ0v) is 32.6. The summed E-state index contributed by atoms with van der Waals surface area (Å²) in [4.78, 5) is 80.1. The van der Waals surface area contributed by atoms with Gasteiger partial charge >= 0.3 is 6.23 Å². The summed E-state index contributed by atoms with van der Waals surface area (Å²) in [5.41, 5.74) is 6.04. The quantitative estimate of drug-likeness (QED) is 0.110. The second-order valence-electron chi connectivity index (χ2n) is 15.3. The minimum atomic E-state index is -1.10. The van der Waals surface area contributed by atoms with E-state index in [2.05, 4.69) is 41.4 Å². The van der Waals surface area contributed by atoms with Crippen LogP contribution in [0.1, 0.15) is 81.6 Å². The number of ether oxygens (including phenoxy) is 2. The summed E-state index contributed by atoms with van der Waals surface area (Å²) < 4.78 is 13.8. The highest BCUT2D eigenvalue weighted by Gasteiger charge is 2.51. The molecule has 14 heteroatoms. The number of nitrogens with one attached hydrogen (secondary N) is 1. The Labute approximate surface area is 340 Å². The number of hydrogen-bond acceptors (Lipinski definition) is 10. The van der Waals surface area contributed by atoms with E-state index in [0.29, 0.717) is 31.7 Å². The molecular formula is C45H45N5O9+2. The van der Waals surface area contributed by atoms with Gasteiger partial charge in [-0.1, -0.05) is 67.6 Å². The number of phenolic OH excluding ortho intramolecular Hbond substituents is 1. The summed E-state index contributed by atoms with van der Waals surface area (Å²) in [7, 11) is 0. The van der Waals surface area contributed by atoms with E-state index in [-0.39, 0.29) is 48.9 Å². The first-order valence-corrected chi connectivity index (χ1v) is 20.0. The van der Waals surface area contributed by atoms with Gasteiger partial charge in [0.05, 0.1) is 17.2 Å². The maximum atomic E-state index is 13.3. The molecule has 59 heavy (non-hydrogen) atoms. The number of benzene rings is 4. The largest absolute Gasteiger partial charge is 0.508 e. The van der Waals surface area contributed by atoms with Crippen LogP contribution >= 0.6 is 0 Å². The Kier molecular flexibility index (Phi) is 11.3. The molecule has 0 saturated carbocycles. The third-order valence-corrected chi connectivity index (χ3v) is 11.5. The van der Waals surface area contributed by atoms with Crippen LogP contribution < -0.4 is 10.1 Å². The summed E-state index contributed by atoms with van der Waals surface area (Å²) in [5.74, 6) is -1.53. The molecule has 0 aliphatic carbocycles. The third kappa shape index (κ3) is 8.18. The summed E-state index contributed by atoms with van der Waals surface area (Å²) in [6.07, 6.45) is 0.338. The monoisotopic (exact) mass is 799 g/mol. The number of piperazine rings is 1. The van der Waals surface area contributed by atoms with Gasteiger partial charge in [-0.25, -0.2) is 0 Å². The molecule has 4 atom stereocenters. The zero-order valence-electron chi connectivity index (χ0n) is 32.6. The van der Waals surface area contributed by atoms with Crippen molar-refractivity contribution in [2.45, 2.75) is 57.0 Å². The predicted molar refractivity (Wildman–Crippen MR) is 215 cm³/mol. The topological polar surface area (TPSA) is 166 Å². The van der Waals surface area contributed by atoms with E-state index in [0.717, 1.165) is 55.4 Å². The lowest BCUT2D eigenvalue weighted by atomic mass is 9.88. The molecule has 4 aromatic carbocycles. The van der Waals surface area contributed by atoms with Gasteiger partial charge in [0.2, 0.25) is 11.8 Å². The van der Waals surface area contributed by atoms with Crippen LogP contribution in [-0.2, 0) is 14.3 Å². The highest BCUT2D eigenvalue weighted by molar-refractivity contribution is 6.23. The van der Waals surface area contributed by atoms with Gasteiger partial charge < -0.3 is 14.6 Å². The van der Waals surface area contributed by atoms with Crippen molar-refractivity contribution in [3.05, 3.63) is 140 Å². The summed E-state index contributed by atoms with van der Waals surface area (Å²) in [6, 6.07) is 28.0. The highest BCUT2D eigenvalue weighted by Crippen LogP contribution is 2.36. The van der Waals surface area contributed by atoms with Gasteiger partial charge in [-0.3, -0.25) is 34.3 Å². The Hall–Kier alpha value is -6.38. The van der Waals surface area contributed by atoms with Crippen LogP contribution in [0, 0.1) is 9.81 Å². The molecule has 3 fully saturated rings. The molecule has 4 aliphatic heterocycles. The van der Waals surface area contributed by atoms with Crippen molar-refractivity contribution >= 4 is 34.8 Å². The first-order chi connectivity index (χ1) is 28.6. The highest BCUT2D eigenvalue weighted by atomic mass is 16.5. The smallest absolute Gasteiger partial charge is 0.368 e. The number of rotatable bonds is 12. The van der Waals surface area contributed by atoms with Gasteiger partial charge in [0.1, 0.15) is 24.1 Å². The second kappa shape index (κ2) is 16.8. The normalized spacial score (nSPS) is 22.7. The van der Waals surface area contributed by atoms with Crippen molar-refractivity contribution in [3.63, 3.8) is 0 Å². The third-order valence-electron chi connectivity index (χ3n) is 11.5. The van der Waals surface area contributed by atoms with Gasteiger partial charge in [0.15, 0.2) is 0 Å². The number of carbonyl (C=O) groups excluding carboxylic acids is 4. The molecule has 4 heterocycles. The molecular weight excluding hydrogens is 755 g/mol. The number of fused-ring (bicyclic) bond motifs is 1. The van der Waals surface area contributed by atoms with Crippen molar-refractivity contribution in [1.82, 2.24) is 15.1 Å². The molecule has 2 N–H and O–H groups in total. The number of aromatic hydroxyl groups is 1.